The molecule has 3 rings (SSSR count). The fourth-order valence-electron chi connectivity index (χ4n) is 5.43. The number of hydrogen-bond acceptors (Lipinski definition) is 3. The lowest BCUT2D eigenvalue weighted by Crippen LogP contribution is -2.47. The summed E-state index contributed by atoms with van der Waals surface area (Å²) >= 11 is 0. The molecule has 1 aliphatic heterocycles. The van der Waals surface area contributed by atoms with Crippen LogP contribution in [-0.2, 0) is 0 Å². The zero-order chi connectivity index (χ0) is 18.1. The van der Waals surface area contributed by atoms with Gasteiger partial charge in [0.15, 0.2) is 0 Å². The summed E-state index contributed by atoms with van der Waals surface area (Å²) in [5.41, 5.74) is 3.78. The molecule has 2 aliphatic rings. The van der Waals surface area contributed by atoms with E-state index in [1.807, 2.05) is 0 Å². The van der Waals surface area contributed by atoms with E-state index in [2.05, 4.69) is 67.8 Å². The molecule has 1 aromatic rings. The third kappa shape index (κ3) is 4.93. The van der Waals surface area contributed by atoms with Crippen LogP contribution >= 0.6 is 12.4 Å². The molecule has 144 valence electrons. The largest absolute Gasteiger partial charge is 0.369 e. The van der Waals surface area contributed by atoms with Crippen LogP contribution in [0.25, 0.3) is 0 Å². The number of nitriles is 1. The Kier molecular flexibility index (Phi) is 6.64. The van der Waals surface area contributed by atoms with Crippen LogP contribution in [0.5, 0.6) is 0 Å². The smallest absolute Gasteiger partial charge is 0.0867 e. The molecule has 0 atom stereocenters. The Morgan fingerprint density at radius 2 is 1.58 bits per heavy atom. The summed E-state index contributed by atoms with van der Waals surface area (Å²) in [6, 6.07) is 11.3. The van der Waals surface area contributed by atoms with Gasteiger partial charge in [0.1, 0.15) is 0 Å². The predicted octanol–water partition coefficient (Wildman–Crippen LogP) is 5.07. The van der Waals surface area contributed by atoms with E-state index in [4.69, 9.17) is 5.26 Å². The quantitative estimate of drug-likeness (QED) is 0.690. The Balaban J connectivity index is 0.00000243. The van der Waals surface area contributed by atoms with Crippen LogP contribution in [0.1, 0.15) is 58.4 Å². The summed E-state index contributed by atoms with van der Waals surface area (Å²) in [7, 11) is 0. The first-order valence-corrected chi connectivity index (χ1v) is 9.73. The van der Waals surface area contributed by atoms with Gasteiger partial charge >= 0.3 is 0 Å². The van der Waals surface area contributed by atoms with Crippen molar-refractivity contribution in [1.82, 2.24) is 4.90 Å². The first-order valence-electron chi connectivity index (χ1n) is 9.73. The van der Waals surface area contributed by atoms with Crippen LogP contribution in [0, 0.1) is 22.2 Å². The van der Waals surface area contributed by atoms with E-state index >= 15 is 0 Å². The van der Waals surface area contributed by atoms with Crippen LogP contribution in [0.2, 0.25) is 0 Å². The maximum Gasteiger partial charge on any atom is 0.0867 e. The highest BCUT2D eigenvalue weighted by atomic mass is 35.5. The average Bonchev–Trinajstić information content (AvgIpc) is 2.53. The van der Waals surface area contributed by atoms with Crippen molar-refractivity contribution in [3.8, 4) is 6.07 Å². The van der Waals surface area contributed by atoms with Crippen LogP contribution in [-0.4, -0.2) is 37.6 Å². The van der Waals surface area contributed by atoms with Gasteiger partial charge in [-0.2, -0.15) is 5.26 Å². The molecule has 0 unspecified atom stereocenters. The first-order chi connectivity index (χ1) is 11.8. The van der Waals surface area contributed by atoms with E-state index in [0.29, 0.717) is 23.3 Å². The second kappa shape index (κ2) is 8.19. The van der Waals surface area contributed by atoms with E-state index in [0.717, 1.165) is 26.2 Å². The van der Waals surface area contributed by atoms with Crippen LogP contribution < -0.4 is 4.90 Å². The highest BCUT2D eigenvalue weighted by molar-refractivity contribution is 5.85. The zero-order valence-electron chi connectivity index (χ0n) is 16.8. The molecule has 2 fully saturated rings. The third-order valence-corrected chi connectivity index (χ3v) is 5.94. The minimum Gasteiger partial charge on any atom is -0.369 e. The molecule has 0 spiro atoms. The van der Waals surface area contributed by atoms with E-state index in [-0.39, 0.29) is 12.4 Å². The molecule has 0 bridgehead atoms. The monoisotopic (exact) mass is 375 g/mol. The molecule has 0 aromatic heterocycles. The fourth-order valence-corrected chi connectivity index (χ4v) is 5.43. The second-order valence-corrected chi connectivity index (χ2v) is 9.59. The Hall–Kier alpha value is -1.24. The topological polar surface area (TPSA) is 30.3 Å². The van der Waals surface area contributed by atoms with E-state index in [1.54, 1.807) is 0 Å². The highest BCUT2D eigenvalue weighted by Gasteiger charge is 2.39. The maximum absolute atomic E-state index is 8.91. The van der Waals surface area contributed by atoms with Crippen LogP contribution in [0.3, 0.4) is 0 Å². The highest BCUT2D eigenvalue weighted by Crippen LogP contribution is 2.53. The van der Waals surface area contributed by atoms with Gasteiger partial charge in [0.25, 0.3) is 0 Å². The molecule has 0 amide bonds. The van der Waals surface area contributed by atoms with Gasteiger partial charge in [-0.1, -0.05) is 45.9 Å². The summed E-state index contributed by atoms with van der Waals surface area (Å²) in [6.45, 7) is 14.3. The van der Waals surface area contributed by atoms with Crippen molar-refractivity contribution in [2.24, 2.45) is 10.8 Å². The Morgan fingerprint density at radius 1 is 1.00 bits per heavy atom. The number of para-hydroxylation sites is 1. The Bertz CT molecular complexity index is 623. The van der Waals surface area contributed by atoms with E-state index in [1.165, 1.54) is 30.5 Å². The number of halogens is 1. The van der Waals surface area contributed by atoms with Crippen molar-refractivity contribution in [3.63, 3.8) is 0 Å². The maximum atomic E-state index is 8.91. The first kappa shape index (κ1) is 21.1. The SMILES string of the molecule is CC1(C)CC(c2ccccc2N2CCN(CC#N)CC2)CC(C)(C)C1.Cl. The van der Waals surface area contributed by atoms with Crippen molar-refractivity contribution < 1.29 is 0 Å². The Labute approximate surface area is 165 Å². The van der Waals surface area contributed by atoms with Gasteiger partial charge in [0.2, 0.25) is 0 Å². The van der Waals surface area contributed by atoms with Gasteiger partial charge in [0.05, 0.1) is 12.6 Å². The van der Waals surface area contributed by atoms with E-state index in [9.17, 15) is 0 Å². The standard InChI is InChI=1S/C22H33N3.ClH/c1-21(2)15-18(16-22(3,4)17-21)19-7-5-6-8-20(19)25-13-11-24(10-9-23)12-14-25;/h5-8,18H,10-17H2,1-4H3;1H. The lowest BCUT2D eigenvalue weighted by Gasteiger charge is -2.46. The minimum absolute atomic E-state index is 0. The lowest BCUT2D eigenvalue weighted by molar-refractivity contribution is 0.0970. The molecular formula is C22H34ClN3. The predicted molar refractivity (Wildman–Crippen MR) is 112 cm³/mol. The third-order valence-electron chi connectivity index (χ3n) is 5.94. The molecule has 4 heteroatoms. The number of benzene rings is 1. The number of rotatable bonds is 3. The van der Waals surface area contributed by atoms with Gasteiger partial charge < -0.3 is 4.90 Å². The minimum atomic E-state index is 0. The van der Waals surface area contributed by atoms with Crippen molar-refractivity contribution in [1.29, 1.82) is 5.26 Å². The van der Waals surface area contributed by atoms with Crippen molar-refractivity contribution in [2.75, 3.05) is 37.6 Å². The van der Waals surface area contributed by atoms with Crippen molar-refractivity contribution >= 4 is 18.1 Å². The summed E-state index contributed by atoms with van der Waals surface area (Å²) in [4.78, 5) is 4.80. The summed E-state index contributed by atoms with van der Waals surface area (Å²) in [5.74, 6) is 0.645. The van der Waals surface area contributed by atoms with Crippen LogP contribution in [0.15, 0.2) is 24.3 Å². The molecule has 1 aliphatic carbocycles. The molecule has 0 radical (unpaired) electrons. The number of nitrogens with zero attached hydrogens (tertiary/aromatic N) is 3. The second-order valence-electron chi connectivity index (χ2n) is 9.59. The normalized spacial score (nSPS) is 23.1. The molecule has 0 N–H and O–H groups in total. The number of piperazine rings is 1. The summed E-state index contributed by atoms with van der Waals surface area (Å²) < 4.78 is 0. The van der Waals surface area contributed by atoms with Gasteiger partial charge in [0, 0.05) is 31.9 Å². The zero-order valence-corrected chi connectivity index (χ0v) is 17.6. The molecule has 1 heterocycles. The van der Waals surface area contributed by atoms with Gasteiger partial charge in [-0.05, 0) is 47.6 Å². The number of anilines is 1. The van der Waals surface area contributed by atoms with Crippen molar-refractivity contribution in [3.05, 3.63) is 29.8 Å². The van der Waals surface area contributed by atoms with Crippen molar-refractivity contribution in [2.45, 2.75) is 52.9 Å². The molecule has 1 saturated heterocycles. The van der Waals surface area contributed by atoms with Gasteiger partial charge in [-0.3, -0.25) is 4.90 Å². The summed E-state index contributed by atoms with van der Waals surface area (Å²) in [5, 5.41) is 8.91. The molecule has 1 aromatic carbocycles. The molecule has 1 saturated carbocycles. The summed E-state index contributed by atoms with van der Waals surface area (Å²) in [6.07, 6.45) is 3.87. The number of hydrogen-bond donors (Lipinski definition) is 0. The lowest BCUT2D eigenvalue weighted by atomic mass is 9.60. The molecular weight excluding hydrogens is 342 g/mol. The van der Waals surface area contributed by atoms with Crippen LogP contribution in [0.4, 0.5) is 5.69 Å². The average molecular weight is 376 g/mol. The van der Waals surface area contributed by atoms with Gasteiger partial charge in [-0.15, -0.1) is 12.4 Å². The Morgan fingerprint density at radius 3 is 2.15 bits per heavy atom. The van der Waals surface area contributed by atoms with E-state index < -0.39 is 0 Å². The molecule has 3 nitrogen and oxygen atoms in total. The molecule has 26 heavy (non-hydrogen) atoms. The van der Waals surface area contributed by atoms with Gasteiger partial charge in [-0.25, -0.2) is 0 Å². The fraction of sp³-hybridized carbons (Fsp3) is 0.682.